The molecule has 2 aliphatic rings. The van der Waals surface area contributed by atoms with Crippen molar-refractivity contribution in [3.8, 4) is 0 Å². The van der Waals surface area contributed by atoms with Crippen LogP contribution in [0.15, 0.2) is 48.5 Å². The van der Waals surface area contributed by atoms with Crippen LogP contribution >= 0.6 is 0 Å². The van der Waals surface area contributed by atoms with Crippen molar-refractivity contribution < 1.29 is 0 Å². The van der Waals surface area contributed by atoms with E-state index in [1.54, 1.807) is 0 Å². The summed E-state index contributed by atoms with van der Waals surface area (Å²) in [4.78, 5) is 0. The second-order valence-electron chi connectivity index (χ2n) is 14.8. The maximum Gasteiger partial charge on any atom is 0.0519 e. The minimum atomic E-state index is 0.149. The van der Waals surface area contributed by atoms with E-state index in [-0.39, 0.29) is 5.41 Å². The molecule has 2 aliphatic heterocycles. The number of rotatable bonds is 22. The molecular weight excluding hydrogens is 548 g/mol. The van der Waals surface area contributed by atoms with Crippen molar-refractivity contribution in [2.24, 2.45) is 5.41 Å². The lowest BCUT2D eigenvalue weighted by atomic mass is 9.76. The zero-order valence-electron chi connectivity index (χ0n) is 29.7. The molecule has 0 aromatic heterocycles. The first kappa shape index (κ1) is 35.8. The molecule has 252 valence electrons. The molecule has 2 aromatic rings. The molecule has 0 radical (unpaired) electrons. The molecule has 0 amide bonds. The van der Waals surface area contributed by atoms with E-state index in [4.69, 9.17) is 0 Å². The fourth-order valence-corrected chi connectivity index (χ4v) is 7.49. The van der Waals surface area contributed by atoms with Crippen LogP contribution in [0.1, 0.15) is 154 Å². The summed E-state index contributed by atoms with van der Waals surface area (Å²) in [6.45, 7) is 11.6. The number of nitrogens with one attached hydrogen (secondary N) is 2. The van der Waals surface area contributed by atoms with E-state index in [0.29, 0.717) is 12.1 Å². The van der Waals surface area contributed by atoms with Crippen molar-refractivity contribution in [1.82, 2.24) is 10.9 Å². The van der Waals surface area contributed by atoms with Gasteiger partial charge in [-0.1, -0.05) is 142 Å². The summed E-state index contributed by atoms with van der Waals surface area (Å²) in [7, 11) is 0. The number of aryl methyl sites for hydroxylation is 2. The zero-order chi connectivity index (χ0) is 31.7. The van der Waals surface area contributed by atoms with Crippen LogP contribution in [0.4, 0.5) is 11.4 Å². The Morgan fingerprint density at radius 1 is 0.511 bits per heavy atom. The standard InChI is InChI=1S/C41H68N4/c1-5-7-9-11-13-15-17-19-21-35-23-27-37(28-24-35)44-33-31-39(42-44)41(3,4)40-32-34-45(43-40)38-29-25-36(26-30-38)22-20-18-16-14-12-10-8-6-2/h23-30,39-40,42-43H,5-22,31-34H2,1-4H3. The Kier molecular flexibility index (Phi) is 15.6. The highest BCUT2D eigenvalue weighted by Gasteiger charge is 2.43. The first-order valence-electron chi connectivity index (χ1n) is 19.3. The van der Waals surface area contributed by atoms with Crippen molar-refractivity contribution >= 4 is 11.4 Å². The molecule has 45 heavy (non-hydrogen) atoms. The Balaban J connectivity index is 1.15. The average molecular weight is 617 g/mol. The van der Waals surface area contributed by atoms with E-state index in [2.05, 4.69) is 97.1 Å². The minimum Gasteiger partial charge on any atom is -0.308 e. The van der Waals surface area contributed by atoms with Gasteiger partial charge in [0.25, 0.3) is 0 Å². The summed E-state index contributed by atoms with van der Waals surface area (Å²) in [6, 6.07) is 19.7. The van der Waals surface area contributed by atoms with Gasteiger partial charge in [0.2, 0.25) is 0 Å². The lowest BCUT2D eigenvalue weighted by Crippen LogP contribution is -2.53. The average Bonchev–Trinajstić information content (AvgIpc) is 3.76. The smallest absolute Gasteiger partial charge is 0.0519 e. The molecule has 2 fully saturated rings. The van der Waals surface area contributed by atoms with E-state index in [0.717, 1.165) is 13.1 Å². The maximum absolute atomic E-state index is 3.90. The van der Waals surface area contributed by atoms with E-state index < -0.39 is 0 Å². The number of nitrogens with zero attached hydrogens (tertiary/aromatic N) is 2. The van der Waals surface area contributed by atoms with Crippen molar-refractivity contribution in [2.75, 3.05) is 23.1 Å². The molecule has 2 atom stereocenters. The molecule has 4 rings (SSSR count). The minimum absolute atomic E-state index is 0.149. The third-order valence-electron chi connectivity index (χ3n) is 10.8. The molecule has 0 spiro atoms. The molecule has 2 heterocycles. The molecule has 0 saturated carbocycles. The Bertz CT molecular complexity index is 963. The van der Waals surface area contributed by atoms with E-state index in [1.165, 1.54) is 151 Å². The first-order valence-corrected chi connectivity index (χ1v) is 19.3. The summed E-state index contributed by atoms with van der Waals surface area (Å²) >= 11 is 0. The summed E-state index contributed by atoms with van der Waals surface area (Å²) < 4.78 is 0. The van der Waals surface area contributed by atoms with Gasteiger partial charge in [-0.25, -0.2) is 10.9 Å². The van der Waals surface area contributed by atoms with Gasteiger partial charge >= 0.3 is 0 Å². The Morgan fingerprint density at radius 2 is 0.844 bits per heavy atom. The van der Waals surface area contributed by atoms with Gasteiger partial charge < -0.3 is 10.0 Å². The number of anilines is 2. The normalized spacial score (nSPS) is 18.8. The van der Waals surface area contributed by atoms with Crippen LogP contribution in [0.25, 0.3) is 0 Å². The Labute approximate surface area is 278 Å². The largest absolute Gasteiger partial charge is 0.308 e. The third kappa shape index (κ3) is 11.6. The van der Waals surface area contributed by atoms with Crippen LogP contribution in [-0.4, -0.2) is 25.2 Å². The monoisotopic (exact) mass is 617 g/mol. The molecular formula is C41H68N4. The van der Waals surface area contributed by atoms with Crippen molar-refractivity contribution in [3.05, 3.63) is 59.7 Å². The van der Waals surface area contributed by atoms with Gasteiger partial charge in [0.1, 0.15) is 0 Å². The van der Waals surface area contributed by atoms with Crippen LogP contribution in [0, 0.1) is 5.41 Å². The van der Waals surface area contributed by atoms with Gasteiger partial charge in [-0.05, 0) is 79.3 Å². The number of unbranched alkanes of at least 4 members (excludes halogenated alkanes) is 14. The lowest BCUT2D eigenvalue weighted by Gasteiger charge is -2.38. The summed E-state index contributed by atoms with van der Waals surface area (Å²) in [5.41, 5.74) is 13.5. The van der Waals surface area contributed by atoms with Gasteiger partial charge in [-0.15, -0.1) is 0 Å². The van der Waals surface area contributed by atoms with Gasteiger partial charge in [-0.2, -0.15) is 0 Å². The number of benzene rings is 2. The number of hydrogen-bond donors (Lipinski definition) is 2. The number of hydrazine groups is 2. The fraction of sp³-hybridized carbons (Fsp3) is 0.707. The second-order valence-corrected chi connectivity index (χ2v) is 14.8. The highest BCUT2D eigenvalue weighted by molar-refractivity contribution is 5.49. The van der Waals surface area contributed by atoms with E-state index >= 15 is 0 Å². The van der Waals surface area contributed by atoms with Crippen molar-refractivity contribution in [1.29, 1.82) is 0 Å². The van der Waals surface area contributed by atoms with Gasteiger partial charge in [0, 0.05) is 25.2 Å². The van der Waals surface area contributed by atoms with Gasteiger partial charge in [-0.3, -0.25) is 0 Å². The second kappa shape index (κ2) is 19.6. The topological polar surface area (TPSA) is 30.5 Å². The van der Waals surface area contributed by atoms with Crippen LogP contribution in [0.3, 0.4) is 0 Å². The van der Waals surface area contributed by atoms with Gasteiger partial charge in [0.15, 0.2) is 0 Å². The van der Waals surface area contributed by atoms with E-state index in [9.17, 15) is 0 Å². The SMILES string of the molecule is CCCCCCCCCCc1ccc(N2CCC(C(C)(C)C3CCN(c4ccc(CCCCCCCCCC)cc4)N3)N2)cc1. The molecule has 0 bridgehead atoms. The molecule has 4 heteroatoms. The van der Waals surface area contributed by atoms with Crippen LogP contribution in [-0.2, 0) is 12.8 Å². The summed E-state index contributed by atoms with van der Waals surface area (Å²) in [5, 5.41) is 4.79. The van der Waals surface area contributed by atoms with Crippen molar-refractivity contribution in [2.45, 2.75) is 168 Å². The zero-order valence-corrected chi connectivity index (χ0v) is 29.7. The maximum atomic E-state index is 3.90. The Morgan fingerprint density at radius 3 is 1.20 bits per heavy atom. The predicted octanol–water partition coefficient (Wildman–Crippen LogP) is 10.9. The van der Waals surface area contributed by atoms with Crippen LogP contribution in [0.5, 0.6) is 0 Å². The molecule has 2 unspecified atom stereocenters. The number of hydrogen-bond acceptors (Lipinski definition) is 4. The Hall–Kier alpha value is -2.04. The molecule has 2 aromatic carbocycles. The molecule has 0 aliphatic carbocycles. The molecule has 4 nitrogen and oxygen atoms in total. The van der Waals surface area contributed by atoms with Gasteiger partial charge in [0.05, 0.1) is 11.4 Å². The summed E-state index contributed by atoms with van der Waals surface area (Å²) in [5.74, 6) is 0. The highest BCUT2D eigenvalue weighted by Crippen LogP contribution is 2.36. The molecule has 2 N–H and O–H groups in total. The third-order valence-corrected chi connectivity index (χ3v) is 10.8. The van der Waals surface area contributed by atoms with Crippen molar-refractivity contribution in [3.63, 3.8) is 0 Å². The van der Waals surface area contributed by atoms with E-state index in [1.807, 2.05) is 0 Å². The first-order chi connectivity index (χ1) is 22.0. The van der Waals surface area contributed by atoms with Crippen LogP contribution < -0.4 is 20.9 Å². The quantitative estimate of drug-likeness (QED) is 0.129. The molecule has 2 saturated heterocycles. The highest BCUT2D eigenvalue weighted by atomic mass is 15.6. The van der Waals surface area contributed by atoms with Crippen LogP contribution in [0.2, 0.25) is 0 Å². The lowest BCUT2D eigenvalue weighted by molar-refractivity contribution is 0.191. The fourth-order valence-electron chi connectivity index (χ4n) is 7.49. The predicted molar refractivity (Wildman–Crippen MR) is 197 cm³/mol. The summed E-state index contributed by atoms with van der Waals surface area (Å²) in [6.07, 6.45) is 27.0.